The number of benzene rings is 1. The Kier molecular flexibility index (Phi) is 5.64. The maximum atomic E-state index is 12.2. The van der Waals surface area contributed by atoms with Gasteiger partial charge in [0, 0.05) is 24.0 Å². The van der Waals surface area contributed by atoms with Crippen molar-refractivity contribution < 1.29 is 18.4 Å². The summed E-state index contributed by atoms with van der Waals surface area (Å²) >= 11 is 0. The van der Waals surface area contributed by atoms with Crippen molar-refractivity contribution in [3.05, 3.63) is 59.2 Å². The fourth-order valence-corrected chi connectivity index (χ4v) is 3.11. The van der Waals surface area contributed by atoms with Crippen molar-refractivity contribution in [3.8, 4) is 0 Å². The third-order valence-corrected chi connectivity index (χ3v) is 4.49. The van der Waals surface area contributed by atoms with Gasteiger partial charge in [0.1, 0.15) is 5.58 Å². The van der Waals surface area contributed by atoms with E-state index in [0.29, 0.717) is 19.0 Å². The summed E-state index contributed by atoms with van der Waals surface area (Å²) in [5.74, 6) is 0.245. The van der Waals surface area contributed by atoms with E-state index in [1.54, 1.807) is 18.4 Å². The molecule has 142 valence electrons. The summed E-state index contributed by atoms with van der Waals surface area (Å²) < 4.78 is 10.6. The molecule has 0 saturated carbocycles. The average Bonchev–Trinajstić information content (AvgIpc) is 3.28. The second-order valence-electron chi connectivity index (χ2n) is 6.88. The molecule has 1 aromatic carbocycles. The van der Waals surface area contributed by atoms with Crippen molar-refractivity contribution in [3.63, 3.8) is 0 Å². The molecule has 3 rings (SSSR count). The van der Waals surface area contributed by atoms with Gasteiger partial charge in [-0.05, 0) is 48.2 Å². The molecule has 0 aliphatic rings. The van der Waals surface area contributed by atoms with E-state index in [9.17, 15) is 9.59 Å². The quantitative estimate of drug-likeness (QED) is 0.625. The van der Waals surface area contributed by atoms with Crippen LogP contribution in [0.5, 0.6) is 0 Å². The van der Waals surface area contributed by atoms with E-state index in [1.807, 2.05) is 6.07 Å². The van der Waals surface area contributed by atoms with E-state index in [0.717, 1.165) is 16.5 Å². The predicted octanol–water partition coefficient (Wildman–Crippen LogP) is 3.55. The SMILES string of the molecule is Cc1cc2occ(CC(=O)NCCNC(=O)c3ccco3)c2cc1C(C)C. The smallest absolute Gasteiger partial charge is 0.287 e. The largest absolute Gasteiger partial charge is 0.464 e. The minimum Gasteiger partial charge on any atom is -0.464 e. The molecule has 2 heterocycles. The van der Waals surface area contributed by atoms with Crippen LogP contribution in [-0.4, -0.2) is 24.9 Å². The zero-order valence-electron chi connectivity index (χ0n) is 15.8. The number of carbonyl (C=O) groups is 2. The molecule has 0 fully saturated rings. The van der Waals surface area contributed by atoms with Gasteiger partial charge in [-0.1, -0.05) is 13.8 Å². The van der Waals surface area contributed by atoms with Gasteiger partial charge in [0.05, 0.1) is 18.9 Å². The van der Waals surface area contributed by atoms with Gasteiger partial charge in [0.25, 0.3) is 5.91 Å². The van der Waals surface area contributed by atoms with Gasteiger partial charge >= 0.3 is 0 Å². The molecular weight excluding hydrogens is 344 g/mol. The van der Waals surface area contributed by atoms with Crippen molar-refractivity contribution in [2.24, 2.45) is 0 Å². The summed E-state index contributed by atoms with van der Waals surface area (Å²) in [6.45, 7) is 7.04. The number of rotatable bonds is 7. The summed E-state index contributed by atoms with van der Waals surface area (Å²) in [6.07, 6.45) is 3.32. The molecule has 6 heteroatoms. The van der Waals surface area contributed by atoms with E-state index < -0.39 is 0 Å². The Labute approximate surface area is 157 Å². The molecule has 2 amide bonds. The summed E-state index contributed by atoms with van der Waals surface area (Å²) in [4.78, 5) is 24.0. The van der Waals surface area contributed by atoms with Crippen molar-refractivity contribution in [1.82, 2.24) is 10.6 Å². The van der Waals surface area contributed by atoms with Crippen LogP contribution in [0, 0.1) is 6.92 Å². The molecule has 0 saturated heterocycles. The molecule has 6 nitrogen and oxygen atoms in total. The van der Waals surface area contributed by atoms with Gasteiger partial charge in [-0.25, -0.2) is 0 Å². The first-order chi connectivity index (χ1) is 13.0. The molecule has 3 aromatic rings. The minimum atomic E-state index is -0.299. The molecule has 2 N–H and O–H groups in total. The zero-order chi connectivity index (χ0) is 19.4. The van der Waals surface area contributed by atoms with E-state index in [2.05, 4.69) is 37.5 Å². The lowest BCUT2D eigenvalue weighted by molar-refractivity contribution is -0.120. The van der Waals surface area contributed by atoms with E-state index >= 15 is 0 Å². The zero-order valence-corrected chi connectivity index (χ0v) is 15.8. The van der Waals surface area contributed by atoms with Crippen LogP contribution >= 0.6 is 0 Å². The summed E-state index contributed by atoms with van der Waals surface area (Å²) in [6, 6.07) is 7.38. The van der Waals surface area contributed by atoms with Gasteiger partial charge in [-0.2, -0.15) is 0 Å². The van der Waals surface area contributed by atoms with Gasteiger partial charge in [0.2, 0.25) is 5.91 Å². The first kappa shape index (κ1) is 18.8. The van der Waals surface area contributed by atoms with E-state index in [4.69, 9.17) is 8.83 Å². The maximum Gasteiger partial charge on any atom is 0.287 e. The first-order valence-electron chi connectivity index (χ1n) is 9.04. The first-order valence-corrected chi connectivity index (χ1v) is 9.04. The Bertz CT molecular complexity index is 939. The lowest BCUT2D eigenvalue weighted by Crippen LogP contribution is -2.35. The highest BCUT2D eigenvalue weighted by Gasteiger charge is 2.14. The lowest BCUT2D eigenvalue weighted by Gasteiger charge is -2.10. The monoisotopic (exact) mass is 368 g/mol. The maximum absolute atomic E-state index is 12.2. The molecule has 0 aliphatic heterocycles. The number of aryl methyl sites for hydroxylation is 1. The fourth-order valence-electron chi connectivity index (χ4n) is 3.11. The van der Waals surface area contributed by atoms with Crippen LogP contribution in [0.2, 0.25) is 0 Å². The number of hydrogen-bond donors (Lipinski definition) is 2. The van der Waals surface area contributed by atoms with Crippen LogP contribution in [0.3, 0.4) is 0 Å². The number of fused-ring (bicyclic) bond motifs is 1. The summed E-state index contributed by atoms with van der Waals surface area (Å²) in [7, 11) is 0. The minimum absolute atomic E-state index is 0.114. The molecule has 0 radical (unpaired) electrons. The third-order valence-electron chi connectivity index (χ3n) is 4.49. The van der Waals surface area contributed by atoms with Crippen molar-refractivity contribution in [1.29, 1.82) is 0 Å². The number of furan rings is 2. The molecule has 0 aliphatic carbocycles. The van der Waals surface area contributed by atoms with Crippen LogP contribution < -0.4 is 10.6 Å². The Morgan fingerprint density at radius 3 is 2.59 bits per heavy atom. The fraction of sp³-hybridized carbons (Fsp3) is 0.333. The average molecular weight is 368 g/mol. The second kappa shape index (κ2) is 8.12. The van der Waals surface area contributed by atoms with Crippen LogP contribution in [0.25, 0.3) is 11.0 Å². The molecular formula is C21H24N2O4. The predicted molar refractivity (Wildman–Crippen MR) is 103 cm³/mol. The van der Waals surface area contributed by atoms with Crippen LogP contribution in [-0.2, 0) is 11.2 Å². The third kappa shape index (κ3) is 4.39. The van der Waals surface area contributed by atoms with Crippen molar-refractivity contribution in [2.75, 3.05) is 13.1 Å². The van der Waals surface area contributed by atoms with Crippen molar-refractivity contribution in [2.45, 2.75) is 33.1 Å². The molecule has 0 bridgehead atoms. The van der Waals surface area contributed by atoms with Gasteiger partial charge in [-0.3, -0.25) is 9.59 Å². The van der Waals surface area contributed by atoms with Crippen LogP contribution in [0.4, 0.5) is 0 Å². The van der Waals surface area contributed by atoms with Gasteiger partial charge < -0.3 is 19.5 Å². The Balaban J connectivity index is 1.55. The Hall–Kier alpha value is -3.02. The highest BCUT2D eigenvalue weighted by Crippen LogP contribution is 2.29. The topological polar surface area (TPSA) is 84.5 Å². The number of amides is 2. The molecule has 0 unspecified atom stereocenters. The standard InChI is InChI=1S/C21H24N2O4/c1-13(2)16-11-17-15(12-27-19(17)9-14(16)3)10-20(24)22-6-7-23-21(25)18-5-4-8-26-18/h4-5,8-9,11-13H,6-7,10H2,1-3H3,(H,22,24)(H,23,25). The van der Waals surface area contributed by atoms with Crippen LogP contribution in [0.1, 0.15) is 47.0 Å². The highest BCUT2D eigenvalue weighted by molar-refractivity contribution is 5.91. The molecule has 0 atom stereocenters. The summed E-state index contributed by atoms with van der Waals surface area (Å²) in [5, 5.41) is 6.48. The lowest BCUT2D eigenvalue weighted by atomic mass is 9.95. The number of carbonyl (C=O) groups excluding carboxylic acids is 2. The number of hydrogen-bond acceptors (Lipinski definition) is 4. The second-order valence-corrected chi connectivity index (χ2v) is 6.88. The van der Waals surface area contributed by atoms with E-state index in [-0.39, 0.29) is 24.0 Å². The normalized spacial score (nSPS) is 11.1. The summed E-state index contributed by atoms with van der Waals surface area (Å²) in [5.41, 5.74) is 4.11. The number of nitrogens with one attached hydrogen (secondary N) is 2. The Morgan fingerprint density at radius 2 is 1.89 bits per heavy atom. The van der Waals surface area contributed by atoms with Crippen LogP contribution in [0.15, 0.2) is 45.6 Å². The highest BCUT2D eigenvalue weighted by atomic mass is 16.3. The van der Waals surface area contributed by atoms with E-state index in [1.165, 1.54) is 17.4 Å². The van der Waals surface area contributed by atoms with Crippen molar-refractivity contribution >= 4 is 22.8 Å². The van der Waals surface area contributed by atoms with Gasteiger partial charge in [0.15, 0.2) is 5.76 Å². The molecule has 2 aromatic heterocycles. The Morgan fingerprint density at radius 1 is 1.11 bits per heavy atom. The molecule has 0 spiro atoms. The molecule has 27 heavy (non-hydrogen) atoms. The van der Waals surface area contributed by atoms with Gasteiger partial charge in [-0.15, -0.1) is 0 Å².